The van der Waals surface area contributed by atoms with Crippen LogP contribution in [0, 0.1) is 0 Å². The number of cyclic esters (lactones) is 1. The average Bonchev–Trinajstić information content (AvgIpc) is 2.88. The first-order valence-corrected chi connectivity index (χ1v) is 7.53. The lowest BCUT2D eigenvalue weighted by atomic mass is 10.2. The van der Waals surface area contributed by atoms with E-state index in [0.29, 0.717) is 19.8 Å². The molecular weight excluding hydrogens is 340 g/mol. The Bertz CT molecular complexity index is 484. The summed E-state index contributed by atoms with van der Waals surface area (Å²) in [4.78, 5) is 10.9. The van der Waals surface area contributed by atoms with Crippen LogP contribution < -0.4 is 15.4 Å². The van der Waals surface area contributed by atoms with Crippen molar-refractivity contribution >= 4 is 22.0 Å². The molecule has 1 aromatic rings. The average molecular weight is 359 g/mol. The maximum atomic E-state index is 10.9. The molecule has 0 saturated carbocycles. The smallest absolute Gasteiger partial charge is 0.407 e. The summed E-state index contributed by atoms with van der Waals surface area (Å²) in [6.07, 6.45) is -0.625. The predicted molar refractivity (Wildman–Crippen MR) is 81.5 cm³/mol. The largest absolute Gasteiger partial charge is 0.488 e. The molecular formula is C14H19BrN2O4. The van der Waals surface area contributed by atoms with Crippen LogP contribution in [0.1, 0.15) is 5.56 Å². The molecule has 1 fully saturated rings. The van der Waals surface area contributed by atoms with Crippen molar-refractivity contribution in [3.05, 3.63) is 28.2 Å². The molecule has 1 saturated heterocycles. The van der Waals surface area contributed by atoms with Gasteiger partial charge in [-0.25, -0.2) is 4.79 Å². The van der Waals surface area contributed by atoms with Gasteiger partial charge in [0, 0.05) is 20.2 Å². The summed E-state index contributed by atoms with van der Waals surface area (Å²) in [5.74, 6) is 0.735. The molecule has 1 aromatic carbocycles. The lowest BCUT2D eigenvalue weighted by Gasteiger charge is -2.12. The fourth-order valence-corrected chi connectivity index (χ4v) is 2.43. The Labute approximate surface area is 132 Å². The number of hydrogen-bond donors (Lipinski definition) is 2. The molecule has 7 heteroatoms. The van der Waals surface area contributed by atoms with E-state index in [1.54, 1.807) is 7.11 Å². The number of halogens is 1. The van der Waals surface area contributed by atoms with Crippen LogP contribution in [0.5, 0.6) is 5.75 Å². The first kappa shape index (κ1) is 16.1. The fraction of sp³-hybridized carbons (Fsp3) is 0.500. The third kappa shape index (κ3) is 5.18. The van der Waals surface area contributed by atoms with Crippen LogP contribution in [0.15, 0.2) is 22.7 Å². The number of alkyl carbamates (subject to hydrolysis) is 1. The van der Waals surface area contributed by atoms with E-state index in [9.17, 15) is 4.79 Å². The molecule has 6 nitrogen and oxygen atoms in total. The number of rotatable bonds is 8. The van der Waals surface area contributed by atoms with Gasteiger partial charge in [-0.05, 0) is 33.6 Å². The van der Waals surface area contributed by atoms with Crippen LogP contribution in [-0.4, -0.2) is 45.6 Å². The second-order valence-electron chi connectivity index (χ2n) is 4.65. The normalized spacial score (nSPS) is 17.4. The maximum Gasteiger partial charge on any atom is 0.407 e. The zero-order valence-electron chi connectivity index (χ0n) is 11.9. The van der Waals surface area contributed by atoms with Gasteiger partial charge in [-0.15, -0.1) is 0 Å². The number of ether oxygens (including phenoxy) is 3. The molecule has 1 amide bonds. The molecule has 1 unspecified atom stereocenters. The molecule has 1 aliphatic heterocycles. The molecule has 0 spiro atoms. The van der Waals surface area contributed by atoms with E-state index < -0.39 is 0 Å². The molecule has 1 aliphatic rings. The van der Waals surface area contributed by atoms with Crippen LogP contribution in [0.25, 0.3) is 0 Å². The van der Waals surface area contributed by atoms with E-state index in [1.165, 1.54) is 0 Å². The van der Waals surface area contributed by atoms with Gasteiger partial charge in [0.05, 0.1) is 17.6 Å². The third-order valence-electron chi connectivity index (χ3n) is 2.98. The SMILES string of the molecule is COCCNCc1ccc(OCC2CNC(=O)O2)c(Br)c1. The molecule has 1 atom stereocenters. The third-order valence-corrected chi connectivity index (χ3v) is 3.60. The number of carbonyl (C=O) groups excluding carboxylic acids is 1. The van der Waals surface area contributed by atoms with Gasteiger partial charge < -0.3 is 24.8 Å². The second-order valence-corrected chi connectivity index (χ2v) is 5.51. The van der Waals surface area contributed by atoms with Crippen LogP contribution >= 0.6 is 15.9 Å². The van der Waals surface area contributed by atoms with Crippen molar-refractivity contribution < 1.29 is 19.0 Å². The lowest BCUT2D eigenvalue weighted by molar-refractivity contribution is 0.104. The summed E-state index contributed by atoms with van der Waals surface area (Å²) in [6, 6.07) is 5.91. The molecule has 0 bridgehead atoms. The molecule has 1 heterocycles. The van der Waals surface area contributed by atoms with Gasteiger partial charge >= 0.3 is 6.09 Å². The van der Waals surface area contributed by atoms with E-state index >= 15 is 0 Å². The highest BCUT2D eigenvalue weighted by Crippen LogP contribution is 2.26. The Morgan fingerprint density at radius 2 is 2.38 bits per heavy atom. The number of amides is 1. The molecule has 116 valence electrons. The quantitative estimate of drug-likeness (QED) is 0.692. The highest BCUT2D eigenvalue weighted by atomic mass is 79.9. The van der Waals surface area contributed by atoms with Gasteiger partial charge in [0.1, 0.15) is 12.4 Å². The van der Waals surface area contributed by atoms with E-state index in [1.807, 2.05) is 18.2 Å². The predicted octanol–water partition coefficient (Wildman–Crippen LogP) is 1.67. The van der Waals surface area contributed by atoms with Gasteiger partial charge in [0.2, 0.25) is 0 Å². The van der Waals surface area contributed by atoms with Crippen molar-refractivity contribution in [1.29, 1.82) is 0 Å². The van der Waals surface area contributed by atoms with Crippen molar-refractivity contribution in [2.45, 2.75) is 12.6 Å². The Morgan fingerprint density at radius 3 is 3.05 bits per heavy atom. The van der Waals surface area contributed by atoms with E-state index in [4.69, 9.17) is 14.2 Å². The number of nitrogens with one attached hydrogen (secondary N) is 2. The Hall–Kier alpha value is -1.31. The van der Waals surface area contributed by atoms with Gasteiger partial charge in [0.25, 0.3) is 0 Å². The summed E-state index contributed by atoms with van der Waals surface area (Å²) < 4.78 is 16.5. The van der Waals surface area contributed by atoms with Crippen LogP contribution in [0.3, 0.4) is 0 Å². The second kappa shape index (κ2) is 8.21. The van der Waals surface area contributed by atoms with Gasteiger partial charge in [0.15, 0.2) is 6.10 Å². The highest BCUT2D eigenvalue weighted by Gasteiger charge is 2.23. The summed E-state index contributed by atoms with van der Waals surface area (Å²) in [7, 11) is 1.68. The van der Waals surface area contributed by atoms with Gasteiger partial charge in [-0.1, -0.05) is 6.07 Å². The highest BCUT2D eigenvalue weighted by molar-refractivity contribution is 9.10. The molecule has 0 aliphatic carbocycles. The minimum absolute atomic E-state index is 0.236. The minimum Gasteiger partial charge on any atom is -0.488 e. The Kier molecular flexibility index (Phi) is 6.28. The van der Waals surface area contributed by atoms with Crippen molar-refractivity contribution in [3.8, 4) is 5.75 Å². The first-order valence-electron chi connectivity index (χ1n) is 6.74. The van der Waals surface area contributed by atoms with Gasteiger partial charge in [-0.3, -0.25) is 0 Å². The molecule has 0 radical (unpaired) electrons. The summed E-state index contributed by atoms with van der Waals surface area (Å²) in [5.41, 5.74) is 1.15. The minimum atomic E-state index is -0.389. The van der Waals surface area contributed by atoms with Crippen molar-refractivity contribution in [2.24, 2.45) is 0 Å². The van der Waals surface area contributed by atoms with E-state index in [-0.39, 0.29) is 12.2 Å². The van der Waals surface area contributed by atoms with E-state index in [0.717, 1.165) is 28.9 Å². The molecule has 21 heavy (non-hydrogen) atoms. The summed E-state index contributed by atoms with van der Waals surface area (Å²) in [5, 5.41) is 5.87. The van der Waals surface area contributed by atoms with Crippen LogP contribution in [0.4, 0.5) is 4.79 Å². The van der Waals surface area contributed by atoms with Crippen molar-refractivity contribution in [3.63, 3.8) is 0 Å². The first-order chi connectivity index (χ1) is 10.2. The Balaban J connectivity index is 1.79. The zero-order chi connectivity index (χ0) is 15.1. The fourth-order valence-electron chi connectivity index (χ4n) is 1.89. The van der Waals surface area contributed by atoms with Crippen molar-refractivity contribution in [2.75, 3.05) is 33.4 Å². The number of methoxy groups -OCH3 is 1. The van der Waals surface area contributed by atoms with Gasteiger partial charge in [-0.2, -0.15) is 0 Å². The standard InChI is InChI=1S/C14H19BrN2O4/c1-19-5-4-16-7-10-2-3-13(12(15)6-10)20-9-11-8-17-14(18)21-11/h2-3,6,11,16H,4-5,7-9H2,1H3,(H,17,18). The molecule has 2 N–H and O–H groups in total. The monoisotopic (exact) mass is 358 g/mol. The summed E-state index contributed by atoms with van der Waals surface area (Å²) >= 11 is 3.49. The molecule has 0 aromatic heterocycles. The zero-order valence-corrected chi connectivity index (χ0v) is 13.4. The van der Waals surface area contributed by atoms with Crippen LogP contribution in [0.2, 0.25) is 0 Å². The van der Waals surface area contributed by atoms with Crippen molar-refractivity contribution in [1.82, 2.24) is 10.6 Å². The summed E-state index contributed by atoms with van der Waals surface area (Å²) in [6.45, 7) is 3.09. The number of hydrogen-bond acceptors (Lipinski definition) is 5. The van der Waals surface area contributed by atoms with E-state index in [2.05, 4.69) is 26.6 Å². The Morgan fingerprint density at radius 1 is 1.52 bits per heavy atom. The number of benzene rings is 1. The molecule has 2 rings (SSSR count). The maximum absolute atomic E-state index is 10.9. The van der Waals surface area contributed by atoms with Crippen LogP contribution in [-0.2, 0) is 16.0 Å². The number of carbonyl (C=O) groups is 1. The lowest BCUT2D eigenvalue weighted by Crippen LogP contribution is -2.22. The topological polar surface area (TPSA) is 68.8 Å².